The summed E-state index contributed by atoms with van der Waals surface area (Å²) in [5, 5.41) is 2.11. The van der Waals surface area contributed by atoms with Gasteiger partial charge in [0.25, 0.3) is 0 Å². The van der Waals surface area contributed by atoms with E-state index >= 15 is 0 Å². The lowest BCUT2D eigenvalue weighted by Gasteiger charge is -2.23. The molecule has 0 aliphatic rings. The number of likely N-dealkylation sites (N-methyl/N-ethyl adjacent to an activating group) is 1. The highest BCUT2D eigenvalue weighted by molar-refractivity contribution is 7.09. The van der Waals surface area contributed by atoms with E-state index in [9.17, 15) is 0 Å². The van der Waals surface area contributed by atoms with E-state index < -0.39 is 0 Å². The summed E-state index contributed by atoms with van der Waals surface area (Å²) in [7, 11) is 2.06. The number of aromatic nitrogens is 2. The smallest absolute Gasteiger partial charge is 0.148 e. The zero-order valence-corrected chi connectivity index (χ0v) is 12.9. The highest BCUT2D eigenvalue weighted by atomic mass is 32.1. The Labute approximate surface area is 123 Å². The predicted octanol–water partition coefficient (Wildman–Crippen LogP) is 2.63. The molecule has 0 atom stereocenters. The molecule has 20 heavy (non-hydrogen) atoms. The Kier molecular flexibility index (Phi) is 4.92. The average Bonchev–Trinajstić information content (AvgIpc) is 2.96. The van der Waals surface area contributed by atoms with Crippen molar-refractivity contribution in [1.82, 2.24) is 9.97 Å². The van der Waals surface area contributed by atoms with Crippen molar-refractivity contribution in [2.45, 2.75) is 26.2 Å². The Balaban J connectivity index is 2.18. The van der Waals surface area contributed by atoms with Gasteiger partial charge in [0.15, 0.2) is 0 Å². The van der Waals surface area contributed by atoms with Crippen LogP contribution in [0.15, 0.2) is 23.8 Å². The number of nitrogens with zero attached hydrogens (tertiary/aromatic N) is 3. The summed E-state index contributed by atoms with van der Waals surface area (Å²) in [4.78, 5) is 12.2. The van der Waals surface area contributed by atoms with Crippen molar-refractivity contribution in [3.05, 3.63) is 34.3 Å². The van der Waals surface area contributed by atoms with Crippen molar-refractivity contribution in [1.29, 1.82) is 0 Å². The molecule has 2 aromatic heterocycles. The Morgan fingerprint density at radius 2 is 2.20 bits per heavy atom. The van der Waals surface area contributed by atoms with Gasteiger partial charge in [0.1, 0.15) is 18.0 Å². The van der Waals surface area contributed by atoms with Gasteiger partial charge in [-0.3, -0.25) is 0 Å². The number of thiophene rings is 1. The van der Waals surface area contributed by atoms with Gasteiger partial charge < -0.3 is 10.3 Å². The SMILES string of the molecule is CC(C)c1c(NN)ncnc1N(C)CCc1cccs1. The van der Waals surface area contributed by atoms with Crippen LogP contribution in [-0.4, -0.2) is 23.6 Å². The molecule has 2 aromatic rings. The first-order valence-electron chi connectivity index (χ1n) is 6.68. The first-order valence-corrected chi connectivity index (χ1v) is 7.56. The van der Waals surface area contributed by atoms with Gasteiger partial charge in [0, 0.05) is 24.0 Å². The number of hydrazine groups is 1. The molecule has 0 fully saturated rings. The summed E-state index contributed by atoms with van der Waals surface area (Å²) < 4.78 is 0. The maximum absolute atomic E-state index is 5.55. The molecule has 2 rings (SSSR count). The van der Waals surface area contributed by atoms with Crippen molar-refractivity contribution in [3.8, 4) is 0 Å². The molecule has 0 saturated carbocycles. The van der Waals surface area contributed by atoms with Crippen molar-refractivity contribution in [2.75, 3.05) is 23.9 Å². The van der Waals surface area contributed by atoms with Gasteiger partial charge in [-0.2, -0.15) is 0 Å². The van der Waals surface area contributed by atoms with Crippen molar-refractivity contribution in [2.24, 2.45) is 5.84 Å². The molecule has 0 bridgehead atoms. The third-order valence-corrected chi connectivity index (χ3v) is 4.15. The summed E-state index contributed by atoms with van der Waals surface area (Å²) in [6.45, 7) is 5.16. The Morgan fingerprint density at radius 1 is 1.40 bits per heavy atom. The predicted molar refractivity (Wildman–Crippen MR) is 85.2 cm³/mol. The van der Waals surface area contributed by atoms with Crippen LogP contribution in [0.3, 0.4) is 0 Å². The lowest BCUT2D eigenvalue weighted by molar-refractivity contribution is 0.803. The fraction of sp³-hybridized carbons (Fsp3) is 0.429. The Morgan fingerprint density at radius 3 is 2.80 bits per heavy atom. The summed E-state index contributed by atoms with van der Waals surface area (Å²) >= 11 is 1.79. The average molecular weight is 291 g/mol. The van der Waals surface area contributed by atoms with Crippen LogP contribution in [0.4, 0.5) is 11.6 Å². The van der Waals surface area contributed by atoms with Crippen LogP contribution in [0.2, 0.25) is 0 Å². The second-order valence-corrected chi connectivity index (χ2v) is 6.04. The maximum Gasteiger partial charge on any atom is 0.148 e. The van der Waals surface area contributed by atoms with Gasteiger partial charge in [-0.1, -0.05) is 19.9 Å². The molecule has 0 amide bonds. The van der Waals surface area contributed by atoms with Crippen LogP contribution in [0.5, 0.6) is 0 Å². The molecule has 0 aromatic carbocycles. The Bertz CT molecular complexity index is 539. The van der Waals surface area contributed by atoms with E-state index in [2.05, 4.69) is 58.7 Å². The number of hydrogen-bond acceptors (Lipinski definition) is 6. The molecular weight excluding hydrogens is 270 g/mol. The van der Waals surface area contributed by atoms with Crippen molar-refractivity contribution >= 4 is 23.0 Å². The van der Waals surface area contributed by atoms with Crippen LogP contribution in [0.1, 0.15) is 30.2 Å². The first-order chi connectivity index (χ1) is 9.63. The number of nitrogen functional groups attached to an aromatic ring is 1. The summed E-state index contributed by atoms with van der Waals surface area (Å²) in [6, 6.07) is 4.25. The van der Waals surface area contributed by atoms with Crippen LogP contribution in [-0.2, 0) is 6.42 Å². The number of hydrogen-bond donors (Lipinski definition) is 2. The van der Waals surface area contributed by atoms with Gasteiger partial charge in [-0.25, -0.2) is 15.8 Å². The van der Waals surface area contributed by atoms with Gasteiger partial charge in [-0.15, -0.1) is 11.3 Å². The summed E-state index contributed by atoms with van der Waals surface area (Å²) in [5.41, 5.74) is 3.73. The highest BCUT2D eigenvalue weighted by Gasteiger charge is 2.17. The van der Waals surface area contributed by atoms with Gasteiger partial charge in [-0.05, 0) is 23.8 Å². The van der Waals surface area contributed by atoms with E-state index in [-0.39, 0.29) is 0 Å². The maximum atomic E-state index is 5.55. The first kappa shape index (κ1) is 14.7. The van der Waals surface area contributed by atoms with Crippen molar-refractivity contribution < 1.29 is 0 Å². The standard InChI is InChI=1S/C14H21N5S/c1-10(2)12-13(18-15)16-9-17-14(12)19(3)7-6-11-5-4-8-20-11/h4-5,8-10H,6-7,15H2,1-3H3,(H,16,17,18). The minimum absolute atomic E-state index is 0.307. The molecule has 0 aliphatic carbocycles. The summed E-state index contributed by atoms with van der Waals surface area (Å²) in [5.74, 6) is 7.50. The normalized spacial score (nSPS) is 10.8. The molecule has 0 saturated heterocycles. The number of rotatable bonds is 6. The molecule has 5 nitrogen and oxygen atoms in total. The third-order valence-electron chi connectivity index (χ3n) is 3.21. The highest BCUT2D eigenvalue weighted by Crippen LogP contribution is 2.29. The molecule has 0 aliphatic heterocycles. The van der Waals surface area contributed by atoms with Crippen LogP contribution in [0.25, 0.3) is 0 Å². The monoisotopic (exact) mass is 291 g/mol. The lowest BCUT2D eigenvalue weighted by atomic mass is 10.0. The molecule has 0 spiro atoms. The van der Waals surface area contributed by atoms with E-state index in [1.807, 2.05) is 0 Å². The van der Waals surface area contributed by atoms with Gasteiger partial charge >= 0.3 is 0 Å². The second kappa shape index (κ2) is 6.67. The van der Waals surface area contributed by atoms with E-state index in [1.165, 1.54) is 4.88 Å². The van der Waals surface area contributed by atoms with Crippen LogP contribution < -0.4 is 16.2 Å². The number of nitrogens with two attached hydrogens (primary N) is 1. The van der Waals surface area contributed by atoms with E-state index in [0.717, 1.165) is 24.3 Å². The molecule has 108 valence electrons. The van der Waals surface area contributed by atoms with Crippen LogP contribution >= 0.6 is 11.3 Å². The van der Waals surface area contributed by atoms with Crippen LogP contribution in [0, 0.1) is 0 Å². The van der Waals surface area contributed by atoms with Crippen molar-refractivity contribution in [3.63, 3.8) is 0 Å². The minimum atomic E-state index is 0.307. The minimum Gasteiger partial charge on any atom is -0.359 e. The quantitative estimate of drug-likeness (QED) is 0.632. The lowest BCUT2D eigenvalue weighted by Crippen LogP contribution is -2.24. The fourth-order valence-corrected chi connectivity index (χ4v) is 2.87. The topological polar surface area (TPSA) is 67.1 Å². The van der Waals surface area contributed by atoms with E-state index in [1.54, 1.807) is 17.7 Å². The summed E-state index contributed by atoms with van der Waals surface area (Å²) in [6.07, 6.45) is 2.57. The third kappa shape index (κ3) is 3.26. The molecular formula is C14H21N5S. The zero-order valence-electron chi connectivity index (χ0n) is 12.1. The van der Waals surface area contributed by atoms with E-state index in [4.69, 9.17) is 5.84 Å². The number of anilines is 2. The second-order valence-electron chi connectivity index (χ2n) is 5.01. The zero-order chi connectivity index (χ0) is 14.5. The van der Waals surface area contributed by atoms with E-state index in [0.29, 0.717) is 11.7 Å². The fourth-order valence-electron chi connectivity index (χ4n) is 2.18. The Hall–Kier alpha value is -1.66. The molecule has 6 heteroatoms. The molecule has 0 radical (unpaired) electrons. The molecule has 0 unspecified atom stereocenters. The van der Waals surface area contributed by atoms with Gasteiger partial charge in [0.2, 0.25) is 0 Å². The van der Waals surface area contributed by atoms with Gasteiger partial charge in [0.05, 0.1) is 0 Å². The largest absolute Gasteiger partial charge is 0.359 e. The molecule has 3 N–H and O–H groups in total. The number of nitrogens with one attached hydrogen (secondary N) is 1. The molecule has 2 heterocycles.